The molecule has 3 N–H and O–H groups in total. The molecule has 0 aliphatic rings. The van der Waals surface area contributed by atoms with Crippen molar-refractivity contribution in [2.24, 2.45) is 0 Å². The number of ether oxygens (including phenoxy) is 1. The molecule has 0 radical (unpaired) electrons. The zero-order valence-corrected chi connectivity index (χ0v) is 9.10. The molecule has 0 aliphatic carbocycles. The molecule has 0 fully saturated rings. The van der Waals surface area contributed by atoms with Crippen LogP contribution in [0, 0.1) is 0 Å². The van der Waals surface area contributed by atoms with Gasteiger partial charge in [-0.3, -0.25) is 4.79 Å². The van der Waals surface area contributed by atoms with Crippen LogP contribution in [0.2, 0.25) is 0 Å². The van der Waals surface area contributed by atoms with Gasteiger partial charge in [-0.15, -0.1) is 0 Å². The fraction of sp³-hybridized carbons (Fsp3) is 0.364. The van der Waals surface area contributed by atoms with E-state index in [0.717, 1.165) is 0 Å². The molecule has 5 nitrogen and oxygen atoms in total. The number of phenols is 3. The Hall–Kier alpha value is -1.91. The third-order valence-corrected chi connectivity index (χ3v) is 2.23. The molecule has 16 heavy (non-hydrogen) atoms. The Morgan fingerprint density at radius 1 is 1.31 bits per heavy atom. The number of benzene rings is 1. The number of carbonyl (C=O) groups excluding carboxylic acids is 1. The van der Waals surface area contributed by atoms with Gasteiger partial charge in [0.1, 0.15) is 0 Å². The number of hydrogen-bond acceptors (Lipinski definition) is 5. The van der Waals surface area contributed by atoms with E-state index in [1.807, 2.05) is 0 Å². The molecule has 5 heteroatoms. The first-order valence-electron chi connectivity index (χ1n) is 4.88. The maximum Gasteiger partial charge on any atom is 0.313 e. The zero-order chi connectivity index (χ0) is 12.3. The molecule has 0 amide bonds. The summed E-state index contributed by atoms with van der Waals surface area (Å²) in [7, 11) is 0. The van der Waals surface area contributed by atoms with Crippen molar-refractivity contribution in [3.63, 3.8) is 0 Å². The Morgan fingerprint density at radius 2 is 1.81 bits per heavy atom. The van der Waals surface area contributed by atoms with Crippen LogP contribution in [0.4, 0.5) is 0 Å². The molecule has 0 saturated carbocycles. The van der Waals surface area contributed by atoms with Crippen LogP contribution in [0.3, 0.4) is 0 Å². The second-order valence-corrected chi connectivity index (χ2v) is 3.38. The van der Waals surface area contributed by atoms with Crippen LogP contribution >= 0.6 is 0 Å². The van der Waals surface area contributed by atoms with Crippen molar-refractivity contribution in [1.82, 2.24) is 0 Å². The van der Waals surface area contributed by atoms with Gasteiger partial charge in [0, 0.05) is 0 Å². The van der Waals surface area contributed by atoms with Crippen molar-refractivity contribution in [3.05, 3.63) is 17.7 Å². The molecule has 1 aromatic rings. The summed E-state index contributed by atoms with van der Waals surface area (Å²) in [4.78, 5) is 11.4. The second kappa shape index (κ2) is 4.74. The molecule has 1 unspecified atom stereocenters. The SMILES string of the molecule is CCOC(=O)C(C)c1cc(O)c(O)c(O)c1. The normalized spacial score (nSPS) is 12.1. The number of phenolic OH excluding ortho intramolecular Hbond substituents is 3. The van der Waals surface area contributed by atoms with Gasteiger partial charge in [0.2, 0.25) is 0 Å². The van der Waals surface area contributed by atoms with Crippen molar-refractivity contribution in [2.75, 3.05) is 6.61 Å². The molecule has 0 saturated heterocycles. The summed E-state index contributed by atoms with van der Waals surface area (Å²) in [6.45, 7) is 3.54. The summed E-state index contributed by atoms with van der Waals surface area (Å²) >= 11 is 0. The Morgan fingerprint density at radius 3 is 2.25 bits per heavy atom. The smallest absolute Gasteiger partial charge is 0.313 e. The number of hydrogen-bond donors (Lipinski definition) is 3. The fourth-order valence-corrected chi connectivity index (χ4v) is 1.28. The van der Waals surface area contributed by atoms with E-state index in [4.69, 9.17) is 9.84 Å². The van der Waals surface area contributed by atoms with Gasteiger partial charge >= 0.3 is 5.97 Å². The number of aromatic hydroxyl groups is 3. The lowest BCUT2D eigenvalue weighted by atomic mass is 10.0. The molecule has 0 spiro atoms. The molecule has 0 aliphatic heterocycles. The first kappa shape index (κ1) is 12.2. The third-order valence-electron chi connectivity index (χ3n) is 2.23. The largest absolute Gasteiger partial charge is 0.504 e. The molecular formula is C11H14O5. The van der Waals surface area contributed by atoms with E-state index in [1.54, 1.807) is 13.8 Å². The molecule has 88 valence electrons. The van der Waals surface area contributed by atoms with Crippen molar-refractivity contribution in [1.29, 1.82) is 0 Å². The van der Waals surface area contributed by atoms with E-state index < -0.39 is 29.1 Å². The van der Waals surface area contributed by atoms with E-state index >= 15 is 0 Å². The standard InChI is InChI=1S/C11H14O5/c1-3-16-11(15)6(2)7-4-8(12)10(14)9(13)5-7/h4-6,12-14H,3H2,1-2H3. The summed E-state index contributed by atoms with van der Waals surface area (Å²) in [5.74, 6) is -2.60. The molecule has 0 bridgehead atoms. The van der Waals surface area contributed by atoms with Crippen molar-refractivity contribution >= 4 is 5.97 Å². The van der Waals surface area contributed by atoms with Crippen molar-refractivity contribution < 1.29 is 24.9 Å². The van der Waals surface area contributed by atoms with Gasteiger partial charge < -0.3 is 20.1 Å². The number of esters is 1. The van der Waals surface area contributed by atoms with Crippen molar-refractivity contribution in [2.45, 2.75) is 19.8 Å². The maximum absolute atomic E-state index is 11.4. The van der Waals surface area contributed by atoms with Crippen LogP contribution in [0.5, 0.6) is 17.2 Å². The average Bonchev–Trinajstić information content (AvgIpc) is 2.24. The van der Waals surface area contributed by atoms with Crippen LogP contribution in [-0.2, 0) is 9.53 Å². The second-order valence-electron chi connectivity index (χ2n) is 3.38. The average molecular weight is 226 g/mol. The summed E-state index contributed by atoms with van der Waals surface area (Å²) in [6, 6.07) is 2.44. The zero-order valence-electron chi connectivity index (χ0n) is 9.10. The van der Waals surface area contributed by atoms with Gasteiger partial charge in [-0.1, -0.05) is 0 Å². The number of rotatable bonds is 3. The van der Waals surface area contributed by atoms with E-state index in [9.17, 15) is 15.0 Å². The molecular weight excluding hydrogens is 212 g/mol. The maximum atomic E-state index is 11.4. The van der Waals surface area contributed by atoms with E-state index in [1.165, 1.54) is 12.1 Å². The highest BCUT2D eigenvalue weighted by molar-refractivity contribution is 5.78. The Balaban J connectivity index is 3.01. The predicted octanol–water partition coefficient (Wildman–Crippen LogP) is 1.47. The molecule has 1 aromatic carbocycles. The van der Waals surface area contributed by atoms with Gasteiger partial charge in [-0.25, -0.2) is 0 Å². The molecule has 0 aromatic heterocycles. The quantitative estimate of drug-likeness (QED) is 0.536. The highest BCUT2D eigenvalue weighted by Crippen LogP contribution is 2.37. The van der Waals surface area contributed by atoms with Crippen LogP contribution in [0.15, 0.2) is 12.1 Å². The summed E-state index contributed by atoms with van der Waals surface area (Å²) in [5.41, 5.74) is 0.381. The van der Waals surface area contributed by atoms with Crippen LogP contribution in [0.25, 0.3) is 0 Å². The molecule has 1 rings (SSSR count). The third kappa shape index (κ3) is 2.36. The lowest BCUT2D eigenvalue weighted by molar-refractivity contribution is -0.144. The Labute approximate surface area is 92.9 Å². The van der Waals surface area contributed by atoms with Gasteiger partial charge in [-0.2, -0.15) is 0 Å². The predicted molar refractivity (Wildman–Crippen MR) is 56.5 cm³/mol. The van der Waals surface area contributed by atoms with E-state index in [2.05, 4.69) is 0 Å². The van der Waals surface area contributed by atoms with Crippen LogP contribution in [-0.4, -0.2) is 27.9 Å². The molecule has 1 atom stereocenters. The van der Waals surface area contributed by atoms with Gasteiger partial charge in [0.15, 0.2) is 17.2 Å². The van der Waals surface area contributed by atoms with Gasteiger partial charge in [0.05, 0.1) is 12.5 Å². The van der Waals surface area contributed by atoms with E-state index in [-0.39, 0.29) is 6.61 Å². The molecule has 0 heterocycles. The first-order chi connectivity index (χ1) is 7.47. The van der Waals surface area contributed by atoms with Crippen LogP contribution < -0.4 is 0 Å². The minimum Gasteiger partial charge on any atom is -0.504 e. The lowest BCUT2D eigenvalue weighted by Crippen LogP contribution is -2.12. The Bertz CT molecular complexity index is 376. The van der Waals surface area contributed by atoms with Gasteiger partial charge in [0.25, 0.3) is 0 Å². The highest BCUT2D eigenvalue weighted by atomic mass is 16.5. The fourth-order valence-electron chi connectivity index (χ4n) is 1.28. The lowest BCUT2D eigenvalue weighted by Gasteiger charge is -2.12. The minimum atomic E-state index is -0.614. The van der Waals surface area contributed by atoms with Crippen LogP contribution in [0.1, 0.15) is 25.3 Å². The first-order valence-corrected chi connectivity index (χ1v) is 4.88. The minimum absolute atomic E-state index is 0.263. The van der Waals surface area contributed by atoms with Crippen molar-refractivity contribution in [3.8, 4) is 17.2 Å². The summed E-state index contributed by atoms with van der Waals surface area (Å²) < 4.78 is 4.80. The topological polar surface area (TPSA) is 87.0 Å². The Kier molecular flexibility index (Phi) is 3.60. The van der Waals surface area contributed by atoms with E-state index in [0.29, 0.717) is 5.56 Å². The highest BCUT2D eigenvalue weighted by Gasteiger charge is 2.19. The van der Waals surface area contributed by atoms with Gasteiger partial charge in [-0.05, 0) is 31.5 Å². The summed E-state index contributed by atoms with van der Waals surface area (Å²) in [5, 5.41) is 27.7. The summed E-state index contributed by atoms with van der Waals surface area (Å²) in [6.07, 6.45) is 0. The number of carbonyl (C=O) groups is 1. The monoisotopic (exact) mass is 226 g/mol.